The van der Waals surface area contributed by atoms with Crippen LogP contribution in [0.1, 0.15) is 24.2 Å². The molecule has 0 fully saturated rings. The highest BCUT2D eigenvalue weighted by molar-refractivity contribution is 6.32. The van der Waals surface area contributed by atoms with Gasteiger partial charge in [-0.1, -0.05) is 11.6 Å². The van der Waals surface area contributed by atoms with Crippen molar-refractivity contribution in [2.75, 3.05) is 12.4 Å². The number of carbonyl (C=O) groups excluding carboxylic acids is 1. The van der Waals surface area contributed by atoms with Gasteiger partial charge in [0.2, 0.25) is 0 Å². The van der Waals surface area contributed by atoms with E-state index in [2.05, 4.69) is 10.1 Å². The van der Waals surface area contributed by atoms with Crippen LogP contribution < -0.4 is 19.5 Å². The van der Waals surface area contributed by atoms with Crippen molar-refractivity contribution in [3.05, 3.63) is 47.0 Å². The van der Waals surface area contributed by atoms with Crippen LogP contribution in [0, 0.1) is 0 Å². The highest BCUT2D eigenvalue weighted by Crippen LogP contribution is 2.37. The summed E-state index contributed by atoms with van der Waals surface area (Å²) >= 11 is 6.18. The molecule has 0 aromatic heterocycles. The van der Waals surface area contributed by atoms with Crippen molar-refractivity contribution < 1.29 is 32.2 Å². The molecule has 0 saturated heterocycles. The Morgan fingerprint density at radius 3 is 2.30 bits per heavy atom. The third-order valence-corrected chi connectivity index (χ3v) is 3.47. The molecule has 0 aliphatic heterocycles. The number of hydrogen-bond acceptors (Lipinski definition) is 4. The molecule has 0 heterocycles. The zero-order valence-corrected chi connectivity index (χ0v) is 15.4. The number of amides is 1. The smallest absolute Gasteiger partial charge is 0.493 e. The molecule has 27 heavy (non-hydrogen) atoms. The highest BCUT2D eigenvalue weighted by atomic mass is 35.5. The summed E-state index contributed by atoms with van der Waals surface area (Å²) in [6, 6.07) is 7.63. The second kappa shape index (κ2) is 8.39. The molecule has 1 amide bonds. The zero-order valence-electron chi connectivity index (χ0n) is 14.7. The van der Waals surface area contributed by atoms with Crippen LogP contribution in [0.5, 0.6) is 17.2 Å². The van der Waals surface area contributed by atoms with Gasteiger partial charge >= 0.3 is 6.36 Å². The summed E-state index contributed by atoms with van der Waals surface area (Å²) in [4.78, 5) is 12.4. The average Bonchev–Trinajstić information content (AvgIpc) is 2.56. The molecule has 0 unspecified atom stereocenters. The zero-order chi connectivity index (χ0) is 20.2. The number of anilines is 1. The van der Waals surface area contributed by atoms with E-state index in [1.54, 1.807) is 0 Å². The van der Waals surface area contributed by atoms with Gasteiger partial charge < -0.3 is 19.5 Å². The Morgan fingerprint density at radius 2 is 1.78 bits per heavy atom. The van der Waals surface area contributed by atoms with E-state index < -0.39 is 12.3 Å². The van der Waals surface area contributed by atoms with Gasteiger partial charge in [0.05, 0.1) is 18.2 Å². The van der Waals surface area contributed by atoms with Crippen LogP contribution in [0.2, 0.25) is 5.02 Å². The summed E-state index contributed by atoms with van der Waals surface area (Å²) in [6.45, 7) is 3.64. The van der Waals surface area contributed by atoms with Gasteiger partial charge in [-0.05, 0) is 50.2 Å². The van der Waals surface area contributed by atoms with Gasteiger partial charge in [0.1, 0.15) is 5.75 Å². The van der Waals surface area contributed by atoms with Crippen LogP contribution >= 0.6 is 11.6 Å². The highest BCUT2D eigenvalue weighted by Gasteiger charge is 2.31. The van der Waals surface area contributed by atoms with Crippen LogP contribution in [0.4, 0.5) is 18.9 Å². The van der Waals surface area contributed by atoms with Gasteiger partial charge in [-0.25, -0.2) is 0 Å². The minimum absolute atomic E-state index is 0.145. The molecule has 2 rings (SSSR count). The Balaban J connectivity index is 2.17. The molecule has 0 atom stereocenters. The molecule has 1 N–H and O–H groups in total. The molecule has 2 aromatic carbocycles. The van der Waals surface area contributed by atoms with Gasteiger partial charge in [-0.3, -0.25) is 4.79 Å². The first-order valence-corrected chi connectivity index (χ1v) is 8.18. The van der Waals surface area contributed by atoms with Gasteiger partial charge in [-0.2, -0.15) is 0 Å². The van der Waals surface area contributed by atoms with E-state index in [-0.39, 0.29) is 33.9 Å². The Hall–Kier alpha value is -2.61. The first kappa shape index (κ1) is 20.7. The standard InChI is InChI=1S/C18H17ClF3NO4/c1-10(2)26-16-14(19)8-11(9-15(16)25-3)17(24)23-12-4-6-13(7-5-12)27-18(20,21)22/h4-10H,1-3H3,(H,23,24). The Labute approximate surface area is 159 Å². The summed E-state index contributed by atoms with van der Waals surface area (Å²) in [5.41, 5.74) is 0.482. The molecule has 0 aliphatic rings. The van der Waals surface area contributed by atoms with Crippen molar-refractivity contribution in [1.29, 1.82) is 0 Å². The molecular weight excluding hydrogens is 387 g/mol. The van der Waals surface area contributed by atoms with E-state index >= 15 is 0 Å². The fourth-order valence-electron chi connectivity index (χ4n) is 2.14. The second-order valence-corrected chi connectivity index (χ2v) is 6.09. The van der Waals surface area contributed by atoms with Gasteiger partial charge in [0, 0.05) is 11.3 Å². The van der Waals surface area contributed by atoms with E-state index in [0.29, 0.717) is 5.75 Å². The predicted molar refractivity (Wildman–Crippen MR) is 94.8 cm³/mol. The van der Waals surface area contributed by atoms with Crippen molar-refractivity contribution in [2.24, 2.45) is 0 Å². The summed E-state index contributed by atoms with van der Waals surface area (Å²) < 4.78 is 51.1. The summed E-state index contributed by atoms with van der Waals surface area (Å²) in [6.07, 6.45) is -4.92. The molecular formula is C18H17ClF3NO4. The fourth-order valence-corrected chi connectivity index (χ4v) is 2.40. The largest absolute Gasteiger partial charge is 0.573 e. The lowest BCUT2D eigenvalue weighted by Crippen LogP contribution is -2.17. The maximum Gasteiger partial charge on any atom is 0.573 e. The molecule has 0 saturated carbocycles. The minimum Gasteiger partial charge on any atom is -0.493 e. The average molecular weight is 404 g/mol. The van der Waals surface area contributed by atoms with Crippen LogP contribution in [0.3, 0.4) is 0 Å². The predicted octanol–water partition coefficient (Wildman–Crippen LogP) is 5.29. The molecule has 0 aliphatic carbocycles. The number of benzene rings is 2. The van der Waals surface area contributed by atoms with Gasteiger partial charge in [-0.15, -0.1) is 13.2 Å². The quantitative estimate of drug-likeness (QED) is 0.712. The van der Waals surface area contributed by atoms with Crippen molar-refractivity contribution in [2.45, 2.75) is 26.3 Å². The number of halogens is 4. The lowest BCUT2D eigenvalue weighted by Gasteiger charge is -2.16. The molecule has 146 valence electrons. The van der Waals surface area contributed by atoms with Crippen molar-refractivity contribution in [1.82, 2.24) is 0 Å². The van der Waals surface area contributed by atoms with Crippen molar-refractivity contribution in [3.8, 4) is 17.2 Å². The molecule has 0 bridgehead atoms. The van der Waals surface area contributed by atoms with Crippen LogP contribution in [0.15, 0.2) is 36.4 Å². The summed E-state index contributed by atoms with van der Waals surface area (Å²) in [7, 11) is 1.42. The van der Waals surface area contributed by atoms with Crippen LogP contribution in [-0.2, 0) is 0 Å². The van der Waals surface area contributed by atoms with E-state index in [0.717, 1.165) is 12.1 Å². The minimum atomic E-state index is -4.78. The number of carbonyl (C=O) groups is 1. The summed E-state index contributed by atoms with van der Waals surface area (Å²) in [5, 5.41) is 2.75. The number of methoxy groups -OCH3 is 1. The van der Waals surface area contributed by atoms with E-state index in [1.807, 2.05) is 13.8 Å². The first-order valence-electron chi connectivity index (χ1n) is 7.80. The fraction of sp³-hybridized carbons (Fsp3) is 0.278. The van der Waals surface area contributed by atoms with Gasteiger partial charge in [0.15, 0.2) is 11.5 Å². The first-order chi connectivity index (χ1) is 12.6. The topological polar surface area (TPSA) is 56.8 Å². The monoisotopic (exact) mass is 403 g/mol. The number of nitrogens with one attached hydrogen (secondary N) is 1. The third kappa shape index (κ3) is 5.96. The van der Waals surface area contributed by atoms with E-state index in [1.165, 1.54) is 31.4 Å². The Morgan fingerprint density at radius 1 is 1.15 bits per heavy atom. The SMILES string of the molecule is COc1cc(C(=O)Nc2ccc(OC(F)(F)F)cc2)cc(Cl)c1OC(C)C. The van der Waals surface area contributed by atoms with Crippen LogP contribution in [-0.4, -0.2) is 25.5 Å². The number of ether oxygens (including phenoxy) is 3. The van der Waals surface area contributed by atoms with Crippen molar-refractivity contribution >= 4 is 23.2 Å². The summed E-state index contributed by atoms with van der Waals surface area (Å²) in [5.74, 6) is -0.300. The number of alkyl halides is 3. The molecule has 2 aromatic rings. The number of hydrogen-bond donors (Lipinski definition) is 1. The normalized spacial score (nSPS) is 11.3. The number of rotatable bonds is 6. The molecule has 9 heteroatoms. The molecule has 0 spiro atoms. The van der Waals surface area contributed by atoms with E-state index in [4.69, 9.17) is 21.1 Å². The van der Waals surface area contributed by atoms with E-state index in [9.17, 15) is 18.0 Å². The lowest BCUT2D eigenvalue weighted by molar-refractivity contribution is -0.274. The van der Waals surface area contributed by atoms with Gasteiger partial charge in [0.25, 0.3) is 5.91 Å². The second-order valence-electron chi connectivity index (χ2n) is 5.68. The molecule has 5 nitrogen and oxygen atoms in total. The lowest BCUT2D eigenvalue weighted by atomic mass is 10.1. The third-order valence-electron chi connectivity index (χ3n) is 3.19. The van der Waals surface area contributed by atoms with Crippen LogP contribution in [0.25, 0.3) is 0 Å². The molecule has 0 radical (unpaired) electrons. The Kier molecular flexibility index (Phi) is 6.43. The maximum atomic E-state index is 12.4. The Bertz CT molecular complexity index is 807. The van der Waals surface area contributed by atoms with Crippen molar-refractivity contribution in [3.63, 3.8) is 0 Å². The maximum absolute atomic E-state index is 12.4.